The summed E-state index contributed by atoms with van der Waals surface area (Å²) in [6, 6.07) is 9.96. The molecular weight excluding hydrogens is 274 g/mol. The van der Waals surface area contributed by atoms with Crippen molar-refractivity contribution in [2.24, 2.45) is 4.99 Å². The third-order valence-electron chi connectivity index (χ3n) is 3.43. The van der Waals surface area contributed by atoms with Crippen LogP contribution in [0.3, 0.4) is 0 Å². The van der Waals surface area contributed by atoms with Gasteiger partial charge in [-0.2, -0.15) is 0 Å². The van der Waals surface area contributed by atoms with E-state index in [9.17, 15) is 0 Å². The number of aliphatic imine (C=N–C) groups is 1. The van der Waals surface area contributed by atoms with Gasteiger partial charge in [-0.05, 0) is 51.5 Å². The summed E-state index contributed by atoms with van der Waals surface area (Å²) >= 11 is 0. The lowest BCUT2D eigenvalue weighted by atomic mass is 10.2. The van der Waals surface area contributed by atoms with E-state index in [1.165, 1.54) is 0 Å². The van der Waals surface area contributed by atoms with Gasteiger partial charge in [-0.3, -0.25) is 0 Å². The van der Waals surface area contributed by atoms with E-state index in [-0.39, 0.29) is 0 Å². The van der Waals surface area contributed by atoms with Crippen LogP contribution >= 0.6 is 0 Å². The molecule has 2 rings (SSSR count). The highest BCUT2D eigenvalue weighted by atomic mass is 16.5. The molecule has 0 amide bonds. The van der Waals surface area contributed by atoms with Crippen LogP contribution in [0.1, 0.15) is 23.7 Å². The zero-order valence-corrected chi connectivity index (χ0v) is 13.9. The molecule has 0 radical (unpaired) electrons. The number of rotatable bonds is 5. The van der Waals surface area contributed by atoms with E-state index in [0.29, 0.717) is 5.88 Å². The normalized spacial score (nSPS) is 11.0. The Morgan fingerprint density at radius 3 is 2.68 bits per heavy atom. The number of aryl methyl sites for hydroxylation is 3. The average molecular weight is 297 g/mol. The van der Waals surface area contributed by atoms with Crippen molar-refractivity contribution in [3.8, 4) is 11.6 Å². The first kappa shape index (κ1) is 16.0. The van der Waals surface area contributed by atoms with Crippen molar-refractivity contribution < 1.29 is 4.74 Å². The highest BCUT2D eigenvalue weighted by Gasteiger charge is 2.08. The molecule has 22 heavy (non-hydrogen) atoms. The zero-order valence-electron chi connectivity index (χ0n) is 13.9. The van der Waals surface area contributed by atoms with E-state index in [0.717, 1.165) is 34.8 Å². The minimum atomic E-state index is 0.630. The average Bonchev–Trinajstić information content (AvgIpc) is 2.49. The third-order valence-corrected chi connectivity index (χ3v) is 3.43. The molecule has 4 heteroatoms. The molecule has 0 N–H and O–H groups in total. The molecule has 0 aliphatic rings. The molecule has 0 saturated carbocycles. The molecular formula is C18H23N3O. The predicted octanol–water partition coefficient (Wildman–Crippen LogP) is 4.41. The molecule has 0 saturated heterocycles. The number of pyridine rings is 1. The highest BCUT2D eigenvalue weighted by molar-refractivity contribution is 5.63. The van der Waals surface area contributed by atoms with Gasteiger partial charge in [0.05, 0.1) is 17.7 Å². The second-order valence-corrected chi connectivity index (χ2v) is 5.45. The van der Waals surface area contributed by atoms with Crippen LogP contribution in [0, 0.1) is 20.8 Å². The van der Waals surface area contributed by atoms with Crippen LogP contribution < -0.4 is 4.74 Å². The number of ether oxygens (including phenoxy) is 1. The monoisotopic (exact) mass is 297 g/mol. The van der Waals surface area contributed by atoms with Crippen molar-refractivity contribution in [2.75, 3.05) is 13.6 Å². The van der Waals surface area contributed by atoms with E-state index in [2.05, 4.69) is 16.9 Å². The Morgan fingerprint density at radius 2 is 2.00 bits per heavy atom. The Hall–Kier alpha value is -2.36. The van der Waals surface area contributed by atoms with E-state index in [1.807, 2.05) is 69.4 Å². The van der Waals surface area contributed by atoms with Gasteiger partial charge >= 0.3 is 0 Å². The van der Waals surface area contributed by atoms with Crippen molar-refractivity contribution >= 4 is 12.0 Å². The SMILES string of the molecule is CCN(C)C=Nc1cc(C)c(Oc2cccc(C)c2)nc1C. The van der Waals surface area contributed by atoms with Crippen LogP contribution in [0.25, 0.3) is 0 Å². The number of nitrogens with zero attached hydrogens (tertiary/aromatic N) is 3. The lowest BCUT2D eigenvalue weighted by molar-refractivity contribution is 0.457. The minimum absolute atomic E-state index is 0.630. The van der Waals surface area contributed by atoms with Crippen molar-refractivity contribution in [2.45, 2.75) is 27.7 Å². The summed E-state index contributed by atoms with van der Waals surface area (Å²) in [6.07, 6.45) is 1.82. The summed E-state index contributed by atoms with van der Waals surface area (Å²) in [7, 11) is 1.99. The first-order valence-corrected chi connectivity index (χ1v) is 7.46. The van der Waals surface area contributed by atoms with Gasteiger partial charge in [0.15, 0.2) is 0 Å². The van der Waals surface area contributed by atoms with Crippen LogP contribution in [-0.2, 0) is 0 Å². The topological polar surface area (TPSA) is 37.7 Å². The zero-order chi connectivity index (χ0) is 16.1. The first-order valence-electron chi connectivity index (χ1n) is 7.46. The molecule has 1 heterocycles. The Morgan fingerprint density at radius 1 is 1.23 bits per heavy atom. The molecule has 0 aliphatic heterocycles. The maximum absolute atomic E-state index is 5.90. The fraction of sp³-hybridized carbons (Fsp3) is 0.333. The Balaban J connectivity index is 2.24. The van der Waals surface area contributed by atoms with Crippen LogP contribution in [0.2, 0.25) is 0 Å². The summed E-state index contributed by atoms with van der Waals surface area (Å²) in [5.41, 5.74) is 3.86. The van der Waals surface area contributed by atoms with Crippen LogP contribution in [0.5, 0.6) is 11.6 Å². The lowest BCUT2D eigenvalue weighted by Crippen LogP contribution is -2.14. The van der Waals surface area contributed by atoms with Crippen molar-refractivity contribution in [3.05, 3.63) is 47.2 Å². The van der Waals surface area contributed by atoms with Gasteiger partial charge in [0.25, 0.3) is 0 Å². The van der Waals surface area contributed by atoms with Gasteiger partial charge in [-0.25, -0.2) is 9.98 Å². The Labute approximate surface area is 132 Å². The molecule has 0 bridgehead atoms. The smallest absolute Gasteiger partial charge is 0.222 e. The maximum atomic E-state index is 5.90. The summed E-state index contributed by atoms with van der Waals surface area (Å²) in [6.45, 7) is 8.98. The lowest BCUT2D eigenvalue weighted by Gasteiger charge is -2.12. The summed E-state index contributed by atoms with van der Waals surface area (Å²) in [4.78, 5) is 11.0. The van der Waals surface area contributed by atoms with Crippen LogP contribution in [0.15, 0.2) is 35.3 Å². The van der Waals surface area contributed by atoms with E-state index >= 15 is 0 Å². The molecule has 0 aliphatic carbocycles. The van der Waals surface area contributed by atoms with Crippen molar-refractivity contribution in [1.29, 1.82) is 0 Å². The van der Waals surface area contributed by atoms with E-state index < -0.39 is 0 Å². The standard InChI is InChI=1S/C18H23N3O/c1-6-21(5)12-19-17-11-14(3)18(20-15(17)4)22-16-9-7-8-13(2)10-16/h7-12H,6H2,1-5H3. The van der Waals surface area contributed by atoms with Crippen molar-refractivity contribution in [1.82, 2.24) is 9.88 Å². The second-order valence-electron chi connectivity index (χ2n) is 5.45. The first-order chi connectivity index (χ1) is 10.5. The number of hydrogen-bond donors (Lipinski definition) is 0. The highest BCUT2D eigenvalue weighted by Crippen LogP contribution is 2.28. The molecule has 0 unspecified atom stereocenters. The Kier molecular flexibility index (Phi) is 5.15. The van der Waals surface area contributed by atoms with Crippen molar-refractivity contribution in [3.63, 3.8) is 0 Å². The molecule has 1 aromatic carbocycles. The van der Waals surface area contributed by atoms with Gasteiger partial charge in [0.2, 0.25) is 5.88 Å². The quantitative estimate of drug-likeness (QED) is 0.606. The number of hydrogen-bond acceptors (Lipinski definition) is 3. The van der Waals surface area contributed by atoms with Gasteiger partial charge in [0.1, 0.15) is 5.75 Å². The number of benzene rings is 1. The largest absolute Gasteiger partial charge is 0.439 e. The van der Waals surface area contributed by atoms with E-state index in [4.69, 9.17) is 4.74 Å². The molecule has 1 aromatic heterocycles. The minimum Gasteiger partial charge on any atom is -0.439 e. The fourth-order valence-corrected chi connectivity index (χ4v) is 1.94. The summed E-state index contributed by atoms with van der Waals surface area (Å²) in [5.74, 6) is 1.43. The van der Waals surface area contributed by atoms with E-state index in [1.54, 1.807) is 0 Å². The maximum Gasteiger partial charge on any atom is 0.222 e. The molecule has 0 spiro atoms. The van der Waals surface area contributed by atoms with Gasteiger partial charge < -0.3 is 9.64 Å². The predicted molar refractivity (Wildman–Crippen MR) is 91.4 cm³/mol. The van der Waals surface area contributed by atoms with Crippen LogP contribution in [-0.4, -0.2) is 29.8 Å². The molecule has 0 fully saturated rings. The number of aromatic nitrogens is 1. The Bertz CT molecular complexity index is 680. The molecule has 2 aromatic rings. The molecule has 0 atom stereocenters. The van der Waals surface area contributed by atoms with Gasteiger partial charge in [-0.1, -0.05) is 12.1 Å². The second kappa shape index (κ2) is 7.07. The van der Waals surface area contributed by atoms with Gasteiger partial charge in [-0.15, -0.1) is 0 Å². The molecule has 116 valence electrons. The van der Waals surface area contributed by atoms with Crippen LogP contribution in [0.4, 0.5) is 5.69 Å². The molecule has 4 nitrogen and oxygen atoms in total. The third kappa shape index (κ3) is 4.07. The summed E-state index contributed by atoms with van der Waals surface area (Å²) < 4.78 is 5.90. The van der Waals surface area contributed by atoms with Gasteiger partial charge in [0, 0.05) is 19.2 Å². The fourth-order valence-electron chi connectivity index (χ4n) is 1.94. The summed E-state index contributed by atoms with van der Waals surface area (Å²) in [5, 5.41) is 0.